The number of carbonyl (C=O) groups is 1. The van der Waals surface area contributed by atoms with E-state index in [4.69, 9.17) is 21.1 Å². The van der Waals surface area contributed by atoms with Crippen LogP contribution in [0.25, 0.3) is 0 Å². The van der Waals surface area contributed by atoms with Gasteiger partial charge in [0.25, 0.3) is 0 Å². The number of aromatic nitrogens is 4. The molecule has 0 spiro atoms. The second kappa shape index (κ2) is 9.28. The SMILES string of the molecule is CCOc1cc(C2C3=C(CC(C)(C)CC3=O)Nc3nnnn32)cc(Br)c1OCc1ccc(Cl)cc1. The van der Waals surface area contributed by atoms with Gasteiger partial charge < -0.3 is 14.8 Å². The van der Waals surface area contributed by atoms with E-state index in [1.165, 1.54) is 0 Å². The molecular formula is C25H25BrClN5O3. The summed E-state index contributed by atoms with van der Waals surface area (Å²) >= 11 is 9.67. The molecule has 1 atom stereocenters. The highest BCUT2D eigenvalue weighted by Gasteiger charge is 2.42. The summed E-state index contributed by atoms with van der Waals surface area (Å²) in [6.45, 7) is 6.92. The quantitative estimate of drug-likeness (QED) is 0.413. The minimum absolute atomic E-state index is 0.0899. The van der Waals surface area contributed by atoms with Gasteiger partial charge in [0.05, 0.1) is 11.1 Å². The average Bonchev–Trinajstić information content (AvgIpc) is 3.25. The lowest BCUT2D eigenvalue weighted by Crippen LogP contribution is -2.36. The number of halogens is 2. The van der Waals surface area contributed by atoms with E-state index in [0.717, 1.165) is 23.2 Å². The molecule has 0 amide bonds. The first kappa shape index (κ1) is 23.8. The van der Waals surface area contributed by atoms with Gasteiger partial charge in [0, 0.05) is 22.7 Å². The molecular weight excluding hydrogens is 534 g/mol. The van der Waals surface area contributed by atoms with Crippen LogP contribution >= 0.6 is 27.5 Å². The Kier molecular flexibility index (Phi) is 6.31. The molecule has 0 saturated carbocycles. The smallest absolute Gasteiger partial charge is 0.248 e. The molecule has 2 aromatic carbocycles. The van der Waals surface area contributed by atoms with E-state index >= 15 is 0 Å². The highest BCUT2D eigenvalue weighted by molar-refractivity contribution is 9.10. The fraction of sp³-hybridized carbons (Fsp3) is 0.360. The van der Waals surface area contributed by atoms with Crippen LogP contribution in [0, 0.1) is 5.41 Å². The molecule has 1 aliphatic heterocycles. The summed E-state index contributed by atoms with van der Waals surface area (Å²) in [7, 11) is 0. The molecule has 1 aromatic heterocycles. The number of benzene rings is 2. The molecule has 8 nitrogen and oxygen atoms in total. The van der Waals surface area contributed by atoms with E-state index in [9.17, 15) is 4.79 Å². The van der Waals surface area contributed by atoms with Crippen LogP contribution in [0.1, 0.15) is 50.8 Å². The minimum atomic E-state index is -0.472. The number of hydrogen-bond acceptors (Lipinski definition) is 7. The van der Waals surface area contributed by atoms with E-state index in [1.54, 1.807) is 4.68 Å². The number of allylic oxidation sites excluding steroid dienone is 2. The van der Waals surface area contributed by atoms with Crippen LogP contribution in [0.2, 0.25) is 5.02 Å². The van der Waals surface area contributed by atoms with Gasteiger partial charge in [-0.15, -0.1) is 0 Å². The Bertz CT molecular complexity index is 1320. The fourth-order valence-electron chi connectivity index (χ4n) is 4.66. The molecule has 2 heterocycles. The molecule has 2 aliphatic rings. The van der Waals surface area contributed by atoms with E-state index in [2.05, 4.69) is 50.6 Å². The van der Waals surface area contributed by atoms with E-state index in [0.29, 0.717) is 52.2 Å². The monoisotopic (exact) mass is 557 g/mol. The number of ether oxygens (including phenoxy) is 2. The van der Waals surface area contributed by atoms with Crippen molar-refractivity contribution in [3.63, 3.8) is 0 Å². The Morgan fingerprint density at radius 1 is 1.20 bits per heavy atom. The highest BCUT2D eigenvalue weighted by Crippen LogP contribution is 2.47. The molecule has 10 heteroatoms. The van der Waals surface area contributed by atoms with Crippen molar-refractivity contribution < 1.29 is 14.3 Å². The zero-order valence-corrected chi connectivity index (χ0v) is 22.0. The Balaban J connectivity index is 1.55. The summed E-state index contributed by atoms with van der Waals surface area (Å²) in [5.41, 5.74) is 3.23. The lowest BCUT2D eigenvalue weighted by atomic mass is 9.73. The summed E-state index contributed by atoms with van der Waals surface area (Å²) in [6, 6.07) is 10.9. The molecule has 0 bridgehead atoms. The van der Waals surface area contributed by atoms with Gasteiger partial charge in [0.15, 0.2) is 17.3 Å². The summed E-state index contributed by atoms with van der Waals surface area (Å²) in [6.07, 6.45) is 1.20. The van der Waals surface area contributed by atoms with Crippen molar-refractivity contribution >= 4 is 39.3 Å². The van der Waals surface area contributed by atoms with Crippen molar-refractivity contribution in [2.24, 2.45) is 5.41 Å². The topological polar surface area (TPSA) is 91.2 Å². The van der Waals surface area contributed by atoms with Crippen molar-refractivity contribution in [3.8, 4) is 11.5 Å². The van der Waals surface area contributed by atoms with Crippen LogP contribution < -0.4 is 14.8 Å². The Morgan fingerprint density at radius 3 is 2.71 bits per heavy atom. The first-order valence-corrected chi connectivity index (χ1v) is 12.6. The summed E-state index contributed by atoms with van der Waals surface area (Å²) in [5, 5.41) is 16.1. The number of ketones is 1. The highest BCUT2D eigenvalue weighted by atomic mass is 79.9. The number of anilines is 1. The van der Waals surface area contributed by atoms with E-state index < -0.39 is 6.04 Å². The maximum Gasteiger partial charge on any atom is 0.248 e. The fourth-order valence-corrected chi connectivity index (χ4v) is 5.36. The number of nitrogens with one attached hydrogen (secondary N) is 1. The zero-order chi connectivity index (χ0) is 24.7. The third-order valence-corrected chi connectivity index (χ3v) is 6.98. The van der Waals surface area contributed by atoms with Gasteiger partial charge in [0.1, 0.15) is 12.6 Å². The number of tetrazole rings is 1. The molecule has 1 aliphatic carbocycles. The average molecular weight is 559 g/mol. The van der Waals surface area contributed by atoms with Crippen LogP contribution in [0.5, 0.6) is 11.5 Å². The van der Waals surface area contributed by atoms with Gasteiger partial charge in [-0.1, -0.05) is 42.7 Å². The van der Waals surface area contributed by atoms with Gasteiger partial charge in [-0.25, -0.2) is 0 Å². The molecule has 182 valence electrons. The summed E-state index contributed by atoms with van der Waals surface area (Å²) in [5.74, 6) is 1.76. The van der Waals surface area contributed by atoms with Gasteiger partial charge in [-0.3, -0.25) is 4.79 Å². The molecule has 0 saturated heterocycles. The zero-order valence-electron chi connectivity index (χ0n) is 19.6. The van der Waals surface area contributed by atoms with Gasteiger partial charge in [0.2, 0.25) is 5.95 Å². The maximum atomic E-state index is 13.3. The van der Waals surface area contributed by atoms with Crippen LogP contribution in [-0.4, -0.2) is 32.6 Å². The van der Waals surface area contributed by atoms with Gasteiger partial charge in [-0.2, -0.15) is 4.68 Å². The lowest BCUT2D eigenvalue weighted by molar-refractivity contribution is -0.118. The third kappa shape index (κ3) is 4.67. The molecule has 1 N–H and O–H groups in total. The largest absolute Gasteiger partial charge is 0.490 e. The van der Waals surface area contributed by atoms with Gasteiger partial charge >= 0.3 is 0 Å². The third-order valence-electron chi connectivity index (χ3n) is 6.14. The van der Waals surface area contributed by atoms with Crippen molar-refractivity contribution in [1.82, 2.24) is 20.2 Å². The first-order valence-electron chi connectivity index (χ1n) is 11.4. The van der Waals surface area contributed by atoms with Crippen molar-refractivity contribution in [2.75, 3.05) is 11.9 Å². The predicted molar refractivity (Wildman–Crippen MR) is 136 cm³/mol. The molecule has 0 fully saturated rings. The van der Waals surface area contributed by atoms with E-state index in [-0.39, 0.29) is 11.2 Å². The number of carbonyl (C=O) groups excluding carboxylic acids is 1. The van der Waals surface area contributed by atoms with Crippen molar-refractivity contribution in [3.05, 3.63) is 68.3 Å². The number of Topliss-reactive ketones (excluding diaryl/α,β-unsaturated/α-hetero) is 1. The summed E-state index contributed by atoms with van der Waals surface area (Å²) in [4.78, 5) is 13.3. The van der Waals surface area contributed by atoms with E-state index in [1.807, 2.05) is 43.3 Å². The molecule has 1 unspecified atom stereocenters. The number of hydrogen-bond donors (Lipinski definition) is 1. The molecule has 3 aromatic rings. The second-order valence-corrected chi connectivity index (χ2v) is 10.8. The molecule has 0 radical (unpaired) electrons. The number of fused-ring (bicyclic) bond motifs is 1. The maximum absolute atomic E-state index is 13.3. The van der Waals surface area contributed by atoms with Crippen molar-refractivity contribution in [1.29, 1.82) is 0 Å². The normalized spacial score (nSPS) is 18.5. The minimum Gasteiger partial charge on any atom is -0.490 e. The van der Waals surface area contributed by atoms with Crippen LogP contribution in [0.4, 0.5) is 5.95 Å². The standard InChI is InChI=1S/C25H25BrClN5O3/c1-4-34-20-10-15(9-17(26)23(20)35-13-14-5-7-16(27)8-6-14)22-21-18(11-25(2,3)12-19(21)33)28-24-29-30-31-32(22)24/h5-10,22H,4,11-13H2,1-3H3,(H,28,29,31). The van der Waals surface area contributed by atoms with Crippen molar-refractivity contribution in [2.45, 2.75) is 46.3 Å². The van der Waals surface area contributed by atoms with Gasteiger partial charge in [-0.05, 0) is 80.5 Å². The lowest BCUT2D eigenvalue weighted by Gasteiger charge is -2.38. The first-order chi connectivity index (χ1) is 16.8. The summed E-state index contributed by atoms with van der Waals surface area (Å²) < 4.78 is 14.5. The van der Waals surface area contributed by atoms with Crippen LogP contribution in [-0.2, 0) is 11.4 Å². The second-order valence-electron chi connectivity index (χ2n) is 9.49. The molecule has 5 rings (SSSR count). The predicted octanol–water partition coefficient (Wildman–Crippen LogP) is 5.72. The van der Waals surface area contributed by atoms with Crippen LogP contribution in [0.3, 0.4) is 0 Å². The Hall–Kier alpha value is -2.91. The van der Waals surface area contributed by atoms with Crippen LogP contribution in [0.15, 0.2) is 52.1 Å². The Labute approximate surface area is 216 Å². The Morgan fingerprint density at radius 2 is 1.97 bits per heavy atom. The number of rotatable bonds is 6. The molecule has 35 heavy (non-hydrogen) atoms. The number of nitrogens with zero attached hydrogens (tertiary/aromatic N) is 4.